The van der Waals surface area contributed by atoms with E-state index in [-0.39, 0.29) is 11.6 Å². The molecule has 7 heteroatoms. The summed E-state index contributed by atoms with van der Waals surface area (Å²) in [5.41, 5.74) is 14.0. The predicted octanol–water partition coefficient (Wildman–Crippen LogP) is 0.598. The number of hydrogen-bond donors (Lipinski definition) is 4. The minimum Gasteiger partial charge on any atom is -0.382 e. The minimum absolute atomic E-state index is 0.178. The number of aromatic nitrogens is 1. The lowest BCUT2D eigenvalue weighted by Crippen LogP contribution is -2.23. The molecular weight excluding hydrogens is 306 g/mol. The molecule has 0 spiro atoms. The van der Waals surface area contributed by atoms with Crippen LogP contribution in [0, 0.1) is 0 Å². The molecule has 0 saturated carbocycles. The summed E-state index contributed by atoms with van der Waals surface area (Å²) >= 11 is 0. The Morgan fingerprint density at radius 2 is 1.38 bits per heavy atom. The van der Waals surface area contributed by atoms with E-state index in [2.05, 4.69) is 15.6 Å². The molecule has 7 nitrogen and oxygen atoms in total. The summed E-state index contributed by atoms with van der Waals surface area (Å²) in [7, 11) is 0. The lowest BCUT2D eigenvalue weighted by molar-refractivity contribution is 0.0979. The highest BCUT2D eigenvalue weighted by Gasteiger charge is 2.30. The zero-order valence-corrected chi connectivity index (χ0v) is 13.1. The molecule has 0 amide bonds. The maximum Gasteiger partial charge on any atom is 0.196 e. The third-order valence-corrected chi connectivity index (χ3v) is 3.88. The number of rotatable bonds is 6. The number of ketones is 2. The SMILES string of the molecule is NCCNc1cc2c(cc1NCCN)C(=O)c1cnccc1C2=O. The topological polar surface area (TPSA) is 123 Å². The summed E-state index contributed by atoms with van der Waals surface area (Å²) < 4.78 is 0. The van der Waals surface area contributed by atoms with Crippen molar-refractivity contribution in [2.24, 2.45) is 11.5 Å². The van der Waals surface area contributed by atoms with Crippen LogP contribution < -0.4 is 22.1 Å². The molecule has 0 bridgehead atoms. The molecule has 0 aliphatic heterocycles. The van der Waals surface area contributed by atoms with Crippen LogP contribution >= 0.6 is 0 Å². The highest BCUT2D eigenvalue weighted by molar-refractivity contribution is 6.28. The molecule has 0 unspecified atom stereocenters. The number of carbonyl (C=O) groups is 2. The van der Waals surface area contributed by atoms with Gasteiger partial charge in [-0.1, -0.05) is 0 Å². The lowest BCUT2D eigenvalue weighted by Gasteiger charge is -2.21. The first-order chi connectivity index (χ1) is 11.7. The normalized spacial score (nSPS) is 12.6. The summed E-state index contributed by atoms with van der Waals surface area (Å²) in [6, 6.07) is 4.97. The number of pyridine rings is 1. The second-order valence-electron chi connectivity index (χ2n) is 5.45. The van der Waals surface area contributed by atoms with Gasteiger partial charge in [-0.3, -0.25) is 14.6 Å². The first kappa shape index (κ1) is 16.1. The summed E-state index contributed by atoms with van der Waals surface area (Å²) in [5.74, 6) is -0.378. The Kier molecular flexibility index (Phi) is 4.54. The smallest absolute Gasteiger partial charge is 0.196 e. The second-order valence-corrected chi connectivity index (χ2v) is 5.45. The maximum absolute atomic E-state index is 12.7. The van der Waals surface area contributed by atoms with Gasteiger partial charge < -0.3 is 22.1 Å². The Balaban J connectivity index is 2.10. The first-order valence-corrected chi connectivity index (χ1v) is 7.76. The number of carbonyl (C=O) groups excluding carboxylic acids is 2. The van der Waals surface area contributed by atoms with Crippen LogP contribution in [0.1, 0.15) is 31.8 Å². The van der Waals surface area contributed by atoms with Gasteiger partial charge >= 0.3 is 0 Å². The van der Waals surface area contributed by atoms with Gasteiger partial charge in [-0.05, 0) is 18.2 Å². The van der Waals surface area contributed by atoms with Gasteiger partial charge in [-0.25, -0.2) is 0 Å². The minimum atomic E-state index is -0.200. The second kappa shape index (κ2) is 6.77. The Morgan fingerprint density at radius 1 is 0.833 bits per heavy atom. The predicted molar refractivity (Wildman–Crippen MR) is 92.6 cm³/mol. The number of hydrogen-bond acceptors (Lipinski definition) is 7. The fourth-order valence-corrected chi connectivity index (χ4v) is 2.75. The van der Waals surface area contributed by atoms with Crippen LogP contribution in [0.25, 0.3) is 0 Å². The Labute approximate surface area is 139 Å². The van der Waals surface area contributed by atoms with Crippen LogP contribution in [0.2, 0.25) is 0 Å². The number of nitrogens with two attached hydrogens (primary N) is 2. The van der Waals surface area contributed by atoms with Crippen molar-refractivity contribution in [3.63, 3.8) is 0 Å². The molecule has 0 saturated heterocycles. The molecule has 0 radical (unpaired) electrons. The molecule has 124 valence electrons. The van der Waals surface area contributed by atoms with Crippen molar-refractivity contribution in [1.82, 2.24) is 4.98 Å². The largest absolute Gasteiger partial charge is 0.382 e. The molecule has 1 aliphatic rings. The average molecular weight is 325 g/mol. The Hall–Kier alpha value is -2.77. The Morgan fingerprint density at radius 3 is 1.92 bits per heavy atom. The number of benzene rings is 1. The number of nitrogens with zero attached hydrogens (tertiary/aromatic N) is 1. The third kappa shape index (κ3) is 2.75. The van der Waals surface area contributed by atoms with Gasteiger partial charge in [0, 0.05) is 55.3 Å². The van der Waals surface area contributed by atoms with Gasteiger partial charge in [0.05, 0.1) is 16.9 Å². The Bertz CT molecular complexity index is 738. The van der Waals surface area contributed by atoms with Crippen molar-refractivity contribution in [2.75, 3.05) is 36.8 Å². The summed E-state index contributed by atoms with van der Waals surface area (Å²) in [4.78, 5) is 29.4. The average Bonchev–Trinajstić information content (AvgIpc) is 2.62. The summed E-state index contributed by atoms with van der Waals surface area (Å²) in [6.07, 6.45) is 2.95. The van der Waals surface area contributed by atoms with E-state index in [9.17, 15) is 9.59 Å². The highest BCUT2D eigenvalue weighted by Crippen LogP contribution is 2.33. The maximum atomic E-state index is 12.7. The van der Waals surface area contributed by atoms with Crippen LogP contribution in [-0.2, 0) is 0 Å². The molecule has 0 fully saturated rings. The molecule has 24 heavy (non-hydrogen) atoms. The molecular formula is C17H19N5O2. The van der Waals surface area contributed by atoms with Crippen molar-refractivity contribution in [3.05, 3.63) is 52.8 Å². The third-order valence-electron chi connectivity index (χ3n) is 3.88. The molecule has 0 atom stereocenters. The van der Waals surface area contributed by atoms with Crippen LogP contribution in [0.3, 0.4) is 0 Å². The van der Waals surface area contributed by atoms with Crippen molar-refractivity contribution in [2.45, 2.75) is 0 Å². The van der Waals surface area contributed by atoms with E-state index in [0.717, 1.165) is 11.4 Å². The van der Waals surface area contributed by atoms with Crippen LogP contribution in [0.15, 0.2) is 30.6 Å². The molecule has 6 N–H and O–H groups in total. The molecule has 1 aromatic heterocycles. The molecule has 1 heterocycles. The van der Waals surface area contributed by atoms with Crippen LogP contribution in [0.5, 0.6) is 0 Å². The van der Waals surface area contributed by atoms with Gasteiger partial charge in [0.1, 0.15) is 0 Å². The van der Waals surface area contributed by atoms with E-state index >= 15 is 0 Å². The summed E-state index contributed by atoms with van der Waals surface area (Å²) in [5, 5.41) is 6.35. The molecule has 1 aliphatic carbocycles. The standard InChI is InChI=1S/C17H19N5O2/c18-2-5-21-14-7-11-12(8-15(14)22-6-3-19)17(24)13-9-20-4-1-10(13)16(11)23/h1,4,7-9,21-22H,2-3,5-6,18-19H2. The van der Waals surface area contributed by atoms with E-state index in [1.165, 1.54) is 12.4 Å². The fourth-order valence-electron chi connectivity index (χ4n) is 2.75. The van der Waals surface area contributed by atoms with Crippen molar-refractivity contribution in [3.8, 4) is 0 Å². The van der Waals surface area contributed by atoms with Crippen molar-refractivity contribution in [1.29, 1.82) is 0 Å². The van der Waals surface area contributed by atoms with Crippen LogP contribution in [-0.4, -0.2) is 42.7 Å². The monoisotopic (exact) mass is 325 g/mol. The summed E-state index contributed by atoms with van der Waals surface area (Å²) in [6.45, 7) is 2.01. The van der Waals surface area contributed by atoms with Crippen LogP contribution in [0.4, 0.5) is 11.4 Å². The van der Waals surface area contributed by atoms with Gasteiger partial charge in [0.15, 0.2) is 11.6 Å². The van der Waals surface area contributed by atoms with Crippen molar-refractivity contribution < 1.29 is 9.59 Å². The number of nitrogens with one attached hydrogen (secondary N) is 2. The highest BCUT2D eigenvalue weighted by atomic mass is 16.1. The van der Waals surface area contributed by atoms with E-state index in [4.69, 9.17) is 11.5 Å². The molecule has 3 rings (SSSR count). The van der Waals surface area contributed by atoms with E-state index in [1.807, 2.05) is 0 Å². The molecule has 2 aromatic rings. The van der Waals surface area contributed by atoms with Crippen molar-refractivity contribution >= 4 is 22.9 Å². The first-order valence-electron chi connectivity index (χ1n) is 7.76. The lowest BCUT2D eigenvalue weighted by atomic mass is 9.84. The van der Waals surface area contributed by atoms with Gasteiger partial charge in [-0.15, -0.1) is 0 Å². The van der Waals surface area contributed by atoms with E-state index in [1.54, 1.807) is 18.2 Å². The van der Waals surface area contributed by atoms with Gasteiger partial charge in [0.2, 0.25) is 0 Å². The fraction of sp³-hybridized carbons (Fsp3) is 0.235. The van der Waals surface area contributed by atoms with Gasteiger partial charge in [-0.2, -0.15) is 0 Å². The van der Waals surface area contributed by atoms with E-state index in [0.29, 0.717) is 48.4 Å². The zero-order chi connectivity index (χ0) is 17.1. The number of anilines is 2. The number of fused-ring (bicyclic) bond motifs is 2. The van der Waals surface area contributed by atoms with Gasteiger partial charge in [0.25, 0.3) is 0 Å². The zero-order valence-electron chi connectivity index (χ0n) is 13.1. The quantitative estimate of drug-likeness (QED) is 0.523. The molecule has 1 aromatic carbocycles. The van der Waals surface area contributed by atoms with E-state index < -0.39 is 0 Å².